The second-order valence-corrected chi connectivity index (χ2v) is 7.50. The molecule has 1 atom stereocenters. The molecule has 31 heavy (non-hydrogen) atoms. The smallest absolute Gasteiger partial charge is 0.262 e. The molecule has 8 heteroatoms. The van der Waals surface area contributed by atoms with Gasteiger partial charge in [0, 0.05) is 25.2 Å². The Kier molecular flexibility index (Phi) is 5.70. The van der Waals surface area contributed by atoms with Crippen molar-refractivity contribution in [1.29, 1.82) is 0 Å². The van der Waals surface area contributed by atoms with Crippen LogP contribution >= 0.6 is 0 Å². The van der Waals surface area contributed by atoms with E-state index in [4.69, 9.17) is 0 Å². The van der Waals surface area contributed by atoms with Crippen molar-refractivity contribution >= 4 is 34.4 Å². The number of amides is 2. The van der Waals surface area contributed by atoms with Crippen LogP contribution in [0.3, 0.4) is 0 Å². The van der Waals surface area contributed by atoms with Crippen molar-refractivity contribution in [2.45, 2.75) is 33.2 Å². The van der Waals surface area contributed by atoms with Gasteiger partial charge in [0.15, 0.2) is 0 Å². The average Bonchev–Trinajstić information content (AvgIpc) is 3.19. The number of hydrogen-bond donors (Lipinski definition) is 2. The second-order valence-electron chi connectivity index (χ2n) is 7.50. The summed E-state index contributed by atoms with van der Waals surface area (Å²) in [6, 6.07) is 14.8. The molecule has 2 N–H and O–H groups in total. The highest BCUT2D eigenvalue weighted by molar-refractivity contribution is 6.01. The number of nitrogens with zero attached hydrogens (tertiary/aromatic N) is 3. The Bertz CT molecular complexity index is 1200. The second kappa shape index (κ2) is 8.59. The largest absolute Gasteiger partial charge is 0.311 e. The number of fused-ring (bicyclic) bond motifs is 1. The van der Waals surface area contributed by atoms with Gasteiger partial charge in [-0.3, -0.25) is 29.8 Å². The normalized spacial score (nSPS) is 16.0. The van der Waals surface area contributed by atoms with Crippen molar-refractivity contribution in [3.63, 3.8) is 0 Å². The molecule has 2 heterocycles. The monoisotopic (exact) mass is 419 g/mol. The topological polar surface area (TPSA) is 96.3 Å². The lowest BCUT2D eigenvalue weighted by Gasteiger charge is -2.20. The number of benzene rings is 2. The standard InChI is InChI=1S/C23H25N5O3/c1-3-15-9-5-8-12-19(15)28-14-16(13-20(28)29)21(30)25-26-23-24-18-11-7-6-10-17(18)22(31)27(23)4-2/h5-12,16H,3-4,13-14H2,1-2H3,(H,24,26)(H,25,30). The molecule has 1 aliphatic heterocycles. The molecule has 1 fully saturated rings. The molecule has 0 aliphatic carbocycles. The summed E-state index contributed by atoms with van der Waals surface area (Å²) >= 11 is 0. The van der Waals surface area contributed by atoms with Crippen molar-refractivity contribution in [3.8, 4) is 0 Å². The molecule has 0 bridgehead atoms. The maximum atomic E-state index is 12.8. The number of carbonyl (C=O) groups is 2. The lowest BCUT2D eigenvalue weighted by atomic mass is 10.1. The first kappa shape index (κ1) is 20.6. The lowest BCUT2D eigenvalue weighted by Crippen LogP contribution is -2.39. The van der Waals surface area contributed by atoms with Crippen LogP contribution < -0.4 is 21.3 Å². The highest BCUT2D eigenvalue weighted by Crippen LogP contribution is 2.28. The molecule has 3 aromatic rings. The van der Waals surface area contributed by atoms with E-state index in [-0.39, 0.29) is 29.7 Å². The van der Waals surface area contributed by atoms with Crippen LogP contribution in [0.15, 0.2) is 53.3 Å². The molecular weight excluding hydrogens is 394 g/mol. The number of hydrogen-bond acceptors (Lipinski definition) is 5. The number of anilines is 2. The maximum absolute atomic E-state index is 12.8. The summed E-state index contributed by atoms with van der Waals surface area (Å²) in [5.74, 6) is -0.616. The van der Waals surface area contributed by atoms with E-state index in [0.717, 1.165) is 17.7 Å². The Morgan fingerprint density at radius 3 is 2.61 bits per heavy atom. The summed E-state index contributed by atoms with van der Waals surface area (Å²) in [7, 11) is 0. The van der Waals surface area contributed by atoms with Crippen LogP contribution in [0.25, 0.3) is 10.9 Å². The molecule has 0 spiro atoms. The van der Waals surface area contributed by atoms with Gasteiger partial charge in [-0.2, -0.15) is 0 Å². The summed E-state index contributed by atoms with van der Waals surface area (Å²) in [6.45, 7) is 4.59. The quantitative estimate of drug-likeness (QED) is 0.599. The third kappa shape index (κ3) is 3.88. The van der Waals surface area contributed by atoms with Crippen LogP contribution in [-0.2, 0) is 22.6 Å². The van der Waals surface area contributed by atoms with Crippen LogP contribution in [0.1, 0.15) is 25.8 Å². The summed E-state index contributed by atoms with van der Waals surface area (Å²) < 4.78 is 1.46. The van der Waals surface area contributed by atoms with Crippen LogP contribution in [0.4, 0.5) is 11.6 Å². The van der Waals surface area contributed by atoms with Gasteiger partial charge < -0.3 is 4.90 Å². The van der Waals surface area contributed by atoms with Crippen molar-refractivity contribution in [3.05, 3.63) is 64.4 Å². The number of nitrogens with one attached hydrogen (secondary N) is 2. The van der Waals surface area contributed by atoms with E-state index in [1.54, 1.807) is 29.2 Å². The Balaban J connectivity index is 1.50. The van der Waals surface area contributed by atoms with E-state index in [9.17, 15) is 14.4 Å². The first-order chi connectivity index (χ1) is 15.0. The van der Waals surface area contributed by atoms with Gasteiger partial charge in [0.25, 0.3) is 5.56 Å². The molecule has 4 rings (SSSR count). The highest BCUT2D eigenvalue weighted by atomic mass is 16.2. The molecule has 2 aromatic carbocycles. The van der Waals surface area contributed by atoms with E-state index in [0.29, 0.717) is 24.0 Å². The minimum Gasteiger partial charge on any atom is -0.311 e. The third-order valence-electron chi connectivity index (χ3n) is 5.63. The van der Waals surface area contributed by atoms with Crippen molar-refractivity contribution in [1.82, 2.24) is 15.0 Å². The molecular formula is C23H25N5O3. The van der Waals surface area contributed by atoms with Crippen LogP contribution in [0.2, 0.25) is 0 Å². The first-order valence-electron chi connectivity index (χ1n) is 10.5. The van der Waals surface area contributed by atoms with Crippen LogP contribution in [0, 0.1) is 5.92 Å². The fourth-order valence-corrected chi connectivity index (χ4v) is 3.97. The van der Waals surface area contributed by atoms with Crippen LogP contribution in [0.5, 0.6) is 0 Å². The fraction of sp³-hybridized carbons (Fsp3) is 0.304. The van der Waals surface area contributed by atoms with Crippen LogP contribution in [-0.4, -0.2) is 27.9 Å². The minimum absolute atomic E-state index is 0.0738. The average molecular weight is 419 g/mol. The van der Waals surface area contributed by atoms with Gasteiger partial charge in [-0.25, -0.2) is 4.98 Å². The fourth-order valence-electron chi connectivity index (χ4n) is 3.97. The molecule has 1 aliphatic rings. The highest BCUT2D eigenvalue weighted by Gasteiger charge is 2.35. The molecule has 0 saturated carbocycles. The van der Waals surface area contributed by atoms with Crippen molar-refractivity contribution in [2.75, 3.05) is 16.9 Å². The van der Waals surface area contributed by atoms with E-state index in [2.05, 4.69) is 15.8 Å². The minimum atomic E-state index is -0.493. The van der Waals surface area contributed by atoms with Gasteiger partial charge in [-0.15, -0.1) is 0 Å². The molecule has 0 radical (unpaired) electrons. The van der Waals surface area contributed by atoms with E-state index in [1.807, 2.05) is 38.1 Å². The molecule has 160 valence electrons. The van der Waals surface area contributed by atoms with Gasteiger partial charge in [0.05, 0.1) is 16.8 Å². The van der Waals surface area contributed by atoms with E-state index in [1.165, 1.54) is 4.57 Å². The lowest BCUT2D eigenvalue weighted by molar-refractivity contribution is -0.125. The van der Waals surface area contributed by atoms with Gasteiger partial charge in [0.1, 0.15) is 0 Å². The summed E-state index contributed by atoms with van der Waals surface area (Å²) in [5.41, 5.74) is 7.73. The first-order valence-corrected chi connectivity index (χ1v) is 10.5. The van der Waals surface area contributed by atoms with Crippen molar-refractivity contribution in [2.24, 2.45) is 5.92 Å². The Morgan fingerprint density at radius 1 is 1.10 bits per heavy atom. The summed E-state index contributed by atoms with van der Waals surface area (Å²) in [6.07, 6.45) is 0.942. The third-order valence-corrected chi connectivity index (χ3v) is 5.63. The zero-order chi connectivity index (χ0) is 22.0. The zero-order valence-corrected chi connectivity index (χ0v) is 17.6. The van der Waals surface area contributed by atoms with E-state index >= 15 is 0 Å². The molecule has 1 aromatic heterocycles. The Morgan fingerprint density at radius 2 is 1.84 bits per heavy atom. The van der Waals surface area contributed by atoms with E-state index < -0.39 is 5.92 Å². The van der Waals surface area contributed by atoms with Gasteiger partial charge in [0.2, 0.25) is 17.8 Å². The number of hydrazine groups is 1. The number of rotatable bonds is 6. The Hall–Kier alpha value is -3.68. The summed E-state index contributed by atoms with van der Waals surface area (Å²) in [4.78, 5) is 44.2. The number of carbonyl (C=O) groups excluding carboxylic acids is 2. The maximum Gasteiger partial charge on any atom is 0.262 e. The molecule has 8 nitrogen and oxygen atoms in total. The summed E-state index contributed by atoms with van der Waals surface area (Å²) in [5, 5.41) is 0.521. The molecule has 1 saturated heterocycles. The van der Waals surface area contributed by atoms with Gasteiger partial charge in [-0.1, -0.05) is 37.3 Å². The van der Waals surface area contributed by atoms with Gasteiger partial charge >= 0.3 is 0 Å². The molecule has 2 amide bonds. The number of para-hydroxylation sites is 2. The predicted octanol–water partition coefficient (Wildman–Crippen LogP) is 2.48. The Labute approximate surface area is 179 Å². The predicted molar refractivity (Wildman–Crippen MR) is 120 cm³/mol. The van der Waals surface area contributed by atoms with Crippen molar-refractivity contribution < 1.29 is 9.59 Å². The number of aryl methyl sites for hydroxylation is 1. The number of aromatic nitrogens is 2. The molecule has 1 unspecified atom stereocenters. The SMILES string of the molecule is CCc1ccccc1N1CC(C(=O)NNc2nc3ccccc3c(=O)n2CC)CC1=O. The zero-order valence-electron chi connectivity index (χ0n) is 17.6. The van der Waals surface area contributed by atoms with Gasteiger partial charge in [-0.05, 0) is 37.1 Å².